The van der Waals surface area contributed by atoms with Gasteiger partial charge < -0.3 is 10.5 Å². The van der Waals surface area contributed by atoms with E-state index in [2.05, 4.69) is 9.97 Å². The van der Waals surface area contributed by atoms with Crippen LogP contribution in [0.15, 0.2) is 36.7 Å². The van der Waals surface area contributed by atoms with Crippen molar-refractivity contribution in [2.45, 2.75) is 6.92 Å². The number of benzene rings is 1. The fraction of sp³-hybridized carbons (Fsp3) is 0.0909. The maximum Gasteiger partial charge on any atom is 0.237 e. The predicted molar refractivity (Wildman–Crippen MR) is 57.7 cm³/mol. The SMILES string of the molecule is Cc1ccccc1Oc1cnc(N)cn1. The van der Waals surface area contributed by atoms with Gasteiger partial charge in [0.25, 0.3) is 0 Å². The average Bonchev–Trinajstić information content (AvgIpc) is 2.25. The van der Waals surface area contributed by atoms with E-state index in [-0.39, 0.29) is 0 Å². The number of nitrogens with zero attached hydrogens (tertiary/aromatic N) is 2. The molecule has 0 bridgehead atoms. The van der Waals surface area contributed by atoms with E-state index >= 15 is 0 Å². The standard InChI is InChI=1S/C11H11N3O/c1-8-4-2-3-5-9(8)15-11-7-13-10(12)6-14-11/h2-7H,1H3,(H2,12,13). The Bertz CT molecular complexity index is 454. The summed E-state index contributed by atoms with van der Waals surface area (Å²) in [4.78, 5) is 7.90. The van der Waals surface area contributed by atoms with Crippen LogP contribution in [0, 0.1) is 6.92 Å². The van der Waals surface area contributed by atoms with E-state index in [1.807, 2.05) is 31.2 Å². The van der Waals surface area contributed by atoms with E-state index < -0.39 is 0 Å². The van der Waals surface area contributed by atoms with Crippen LogP contribution in [0.4, 0.5) is 5.82 Å². The Morgan fingerprint density at radius 3 is 2.60 bits per heavy atom. The first-order chi connectivity index (χ1) is 7.25. The molecular formula is C11H11N3O. The molecule has 0 atom stereocenters. The van der Waals surface area contributed by atoms with E-state index in [0.717, 1.165) is 11.3 Å². The zero-order chi connectivity index (χ0) is 10.7. The van der Waals surface area contributed by atoms with Gasteiger partial charge in [-0.05, 0) is 18.6 Å². The normalized spacial score (nSPS) is 9.93. The summed E-state index contributed by atoms with van der Waals surface area (Å²) < 4.78 is 5.53. The molecule has 4 heteroatoms. The highest BCUT2D eigenvalue weighted by Gasteiger charge is 2.01. The van der Waals surface area contributed by atoms with Gasteiger partial charge in [-0.15, -0.1) is 0 Å². The minimum atomic E-state index is 0.382. The molecule has 1 heterocycles. The Kier molecular flexibility index (Phi) is 2.49. The maximum atomic E-state index is 5.53. The van der Waals surface area contributed by atoms with Crippen molar-refractivity contribution >= 4 is 5.82 Å². The zero-order valence-corrected chi connectivity index (χ0v) is 8.34. The van der Waals surface area contributed by atoms with E-state index in [1.165, 1.54) is 12.4 Å². The van der Waals surface area contributed by atoms with E-state index in [0.29, 0.717) is 11.7 Å². The summed E-state index contributed by atoms with van der Waals surface area (Å²) in [5.74, 6) is 1.60. The molecule has 4 nitrogen and oxygen atoms in total. The van der Waals surface area contributed by atoms with Gasteiger partial charge in [-0.2, -0.15) is 0 Å². The highest BCUT2D eigenvalue weighted by atomic mass is 16.5. The molecule has 0 fully saturated rings. The summed E-state index contributed by atoms with van der Waals surface area (Å²) in [5, 5.41) is 0. The molecule has 0 spiro atoms. The third-order valence-corrected chi connectivity index (χ3v) is 1.96. The van der Waals surface area contributed by atoms with Crippen molar-refractivity contribution in [1.29, 1.82) is 0 Å². The van der Waals surface area contributed by atoms with Crippen LogP contribution in [-0.2, 0) is 0 Å². The molecule has 0 aliphatic carbocycles. The van der Waals surface area contributed by atoms with E-state index in [4.69, 9.17) is 10.5 Å². The first kappa shape index (κ1) is 9.45. The first-order valence-electron chi connectivity index (χ1n) is 4.57. The molecule has 76 valence electrons. The van der Waals surface area contributed by atoms with Crippen LogP contribution in [0.3, 0.4) is 0 Å². The fourth-order valence-corrected chi connectivity index (χ4v) is 1.16. The molecule has 0 amide bonds. The molecule has 0 aliphatic heterocycles. The lowest BCUT2D eigenvalue weighted by molar-refractivity contribution is 0.457. The number of nitrogen functional groups attached to an aromatic ring is 1. The number of anilines is 1. The van der Waals surface area contributed by atoms with Crippen molar-refractivity contribution in [1.82, 2.24) is 9.97 Å². The van der Waals surface area contributed by atoms with Crippen LogP contribution in [0.1, 0.15) is 5.56 Å². The maximum absolute atomic E-state index is 5.53. The fourth-order valence-electron chi connectivity index (χ4n) is 1.16. The van der Waals surface area contributed by atoms with Gasteiger partial charge in [0.1, 0.15) is 11.6 Å². The van der Waals surface area contributed by atoms with Crippen molar-refractivity contribution in [3.05, 3.63) is 42.2 Å². The Balaban J connectivity index is 2.22. The largest absolute Gasteiger partial charge is 0.437 e. The summed E-state index contributed by atoms with van der Waals surface area (Å²) in [5.41, 5.74) is 6.47. The van der Waals surface area contributed by atoms with E-state index in [9.17, 15) is 0 Å². The highest BCUT2D eigenvalue weighted by molar-refractivity contribution is 5.35. The number of ether oxygens (including phenoxy) is 1. The molecular weight excluding hydrogens is 190 g/mol. The number of hydrogen-bond acceptors (Lipinski definition) is 4. The molecule has 0 radical (unpaired) electrons. The Labute approximate surface area is 87.7 Å². The van der Waals surface area contributed by atoms with Crippen molar-refractivity contribution in [3.63, 3.8) is 0 Å². The van der Waals surface area contributed by atoms with E-state index in [1.54, 1.807) is 0 Å². The molecule has 2 rings (SSSR count). The molecule has 0 saturated carbocycles. The molecule has 0 unspecified atom stereocenters. The second-order valence-electron chi connectivity index (χ2n) is 3.15. The highest BCUT2D eigenvalue weighted by Crippen LogP contribution is 2.22. The van der Waals surface area contributed by atoms with Crippen LogP contribution in [0.25, 0.3) is 0 Å². The van der Waals surface area contributed by atoms with Gasteiger partial charge in [0.15, 0.2) is 0 Å². The molecule has 2 N–H and O–H groups in total. The Morgan fingerprint density at radius 1 is 1.13 bits per heavy atom. The predicted octanol–water partition coefficient (Wildman–Crippen LogP) is 2.16. The van der Waals surface area contributed by atoms with Crippen molar-refractivity contribution in [3.8, 4) is 11.6 Å². The number of hydrogen-bond donors (Lipinski definition) is 1. The van der Waals surface area contributed by atoms with Crippen LogP contribution < -0.4 is 10.5 Å². The number of para-hydroxylation sites is 1. The average molecular weight is 201 g/mol. The number of aryl methyl sites for hydroxylation is 1. The van der Waals surface area contributed by atoms with Gasteiger partial charge in [0.05, 0.1) is 12.4 Å². The minimum absolute atomic E-state index is 0.382. The minimum Gasteiger partial charge on any atom is -0.437 e. The second kappa shape index (κ2) is 3.96. The third kappa shape index (κ3) is 2.22. The van der Waals surface area contributed by atoms with Crippen LogP contribution in [0.5, 0.6) is 11.6 Å². The van der Waals surface area contributed by atoms with Gasteiger partial charge in [0, 0.05) is 0 Å². The summed E-state index contributed by atoms with van der Waals surface area (Å²) in [7, 11) is 0. The van der Waals surface area contributed by atoms with Gasteiger partial charge >= 0.3 is 0 Å². The van der Waals surface area contributed by atoms with Gasteiger partial charge in [-0.3, -0.25) is 0 Å². The van der Waals surface area contributed by atoms with Crippen molar-refractivity contribution < 1.29 is 4.74 Å². The van der Waals surface area contributed by atoms with Gasteiger partial charge in [-0.25, -0.2) is 9.97 Å². The van der Waals surface area contributed by atoms with Crippen LogP contribution in [-0.4, -0.2) is 9.97 Å². The molecule has 1 aromatic heterocycles. The van der Waals surface area contributed by atoms with Gasteiger partial charge in [0.2, 0.25) is 5.88 Å². The molecule has 1 aromatic carbocycles. The molecule has 0 saturated heterocycles. The number of aromatic nitrogens is 2. The second-order valence-corrected chi connectivity index (χ2v) is 3.15. The quantitative estimate of drug-likeness (QED) is 0.808. The summed E-state index contributed by atoms with van der Waals surface area (Å²) in [6.45, 7) is 1.97. The number of nitrogens with two attached hydrogens (primary N) is 1. The summed E-state index contributed by atoms with van der Waals surface area (Å²) >= 11 is 0. The van der Waals surface area contributed by atoms with Gasteiger partial charge in [-0.1, -0.05) is 18.2 Å². The summed E-state index contributed by atoms with van der Waals surface area (Å²) in [6.07, 6.45) is 2.97. The lowest BCUT2D eigenvalue weighted by atomic mass is 10.2. The Morgan fingerprint density at radius 2 is 1.93 bits per heavy atom. The number of rotatable bonds is 2. The van der Waals surface area contributed by atoms with Crippen molar-refractivity contribution in [2.75, 3.05) is 5.73 Å². The monoisotopic (exact) mass is 201 g/mol. The zero-order valence-electron chi connectivity index (χ0n) is 8.34. The third-order valence-electron chi connectivity index (χ3n) is 1.96. The molecule has 0 aliphatic rings. The lowest BCUT2D eigenvalue weighted by Gasteiger charge is -2.06. The topological polar surface area (TPSA) is 61.0 Å². The lowest BCUT2D eigenvalue weighted by Crippen LogP contribution is -1.94. The molecule has 15 heavy (non-hydrogen) atoms. The van der Waals surface area contributed by atoms with Crippen LogP contribution >= 0.6 is 0 Å². The van der Waals surface area contributed by atoms with Crippen molar-refractivity contribution in [2.24, 2.45) is 0 Å². The smallest absolute Gasteiger partial charge is 0.237 e. The van der Waals surface area contributed by atoms with Crippen LogP contribution in [0.2, 0.25) is 0 Å². The summed E-state index contributed by atoms with van der Waals surface area (Å²) in [6, 6.07) is 7.72. The Hall–Kier alpha value is -2.10. The first-order valence-corrected chi connectivity index (χ1v) is 4.57. The molecule has 2 aromatic rings.